The van der Waals surface area contributed by atoms with Gasteiger partial charge in [-0.2, -0.15) is 4.31 Å². The molecule has 3 aromatic rings. The molecule has 0 heterocycles. The molecule has 0 radical (unpaired) electrons. The molecule has 0 aliphatic heterocycles. The van der Waals surface area contributed by atoms with E-state index < -0.39 is 32.5 Å². The van der Waals surface area contributed by atoms with Gasteiger partial charge in [-0.15, -0.1) is 0 Å². The van der Waals surface area contributed by atoms with E-state index >= 15 is 0 Å². The topological polar surface area (TPSA) is 122 Å². The molecule has 1 amide bonds. The summed E-state index contributed by atoms with van der Waals surface area (Å²) in [7, 11) is -4.92. The lowest BCUT2D eigenvalue weighted by molar-refractivity contribution is -0.114. The van der Waals surface area contributed by atoms with Crippen LogP contribution in [-0.4, -0.2) is 60.9 Å². The smallest absolute Gasteiger partial charge is 0.264 e. The van der Waals surface area contributed by atoms with Crippen LogP contribution in [0.3, 0.4) is 0 Å². The van der Waals surface area contributed by atoms with Gasteiger partial charge in [0.15, 0.2) is 11.5 Å². The van der Waals surface area contributed by atoms with Crippen LogP contribution in [0.2, 0.25) is 0 Å². The molecule has 0 spiro atoms. The van der Waals surface area contributed by atoms with Crippen LogP contribution in [0.15, 0.2) is 76.5 Å². The summed E-state index contributed by atoms with van der Waals surface area (Å²) in [4.78, 5) is 13.2. The standard InChI is InChI=1S/C27H33N3O7S2/c1-6-29(7-2)38(32,33)23-15-10-21(11-16-23)28-27(31)19-30(22-12-17-25(36-4)26(18-22)37-5)39(34,35)24-13-8-20(3)9-14-24/h8-18H,6-7,19H2,1-5H3,(H,28,31). The molecule has 3 aromatic carbocycles. The zero-order chi connectivity index (χ0) is 28.8. The molecular weight excluding hydrogens is 542 g/mol. The largest absolute Gasteiger partial charge is 0.493 e. The van der Waals surface area contributed by atoms with Crippen molar-refractivity contribution in [2.75, 3.05) is 43.5 Å². The second kappa shape index (κ2) is 12.5. The molecule has 3 rings (SSSR count). The Morgan fingerprint density at radius 1 is 0.769 bits per heavy atom. The van der Waals surface area contributed by atoms with Crippen molar-refractivity contribution in [1.82, 2.24) is 4.31 Å². The van der Waals surface area contributed by atoms with Crippen molar-refractivity contribution in [3.8, 4) is 11.5 Å². The predicted octanol–water partition coefficient (Wildman–Crippen LogP) is 3.88. The van der Waals surface area contributed by atoms with E-state index in [-0.39, 0.29) is 15.5 Å². The normalized spacial score (nSPS) is 11.7. The van der Waals surface area contributed by atoms with Crippen LogP contribution in [0.5, 0.6) is 11.5 Å². The molecule has 0 bridgehead atoms. The molecule has 0 aliphatic rings. The fraction of sp³-hybridized carbons (Fsp3) is 0.296. The highest BCUT2D eigenvalue weighted by Gasteiger charge is 2.28. The molecule has 0 aliphatic carbocycles. The number of sulfonamides is 2. The molecule has 0 aromatic heterocycles. The van der Waals surface area contributed by atoms with Crippen molar-refractivity contribution in [3.05, 3.63) is 72.3 Å². The Bertz CT molecular complexity index is 1500. The van der Waals surface area contributed by atoms with E-state index in [1.807, 2.05) is 6.92 Å². The van der Waals surface area contributed by atoms with Crippen LogP contribution in [0.25, 0.3) is 0 Å². The number of carbonyl (C=O) groups excluding carboxylic acids is 1. The summed E-state index contributed by atoms with van der Waals surface area (Å²) < 4.78 is 65.7. The Balaban J connectivity index is 1.92. The number of carbonyl (C=O) groups is 1. The highest BCUT2D eigenvalue weighted by Crippen LogP contribution is 2.34. The molecule has 0 atom stereocenters. The Labute approximate surface area is 230 Å². The Kier molecular flexibility index (Phi) is 9.59. The van der Waals surface area contributed by atoms with Crippen molar-refractivity contribution in [1.29, 1.82) is 0 Å². The van der Waals surface area contributed by atoms with Crippen molar-refractivity contribution in [2.24, 2.45) is 0 Å². The number of hydrogen-bond acceptors (Lipinski definition) is 7. The van der Waals surface area contributed by atoms with E-state index in [0.717, 1.165) is 9.87 Å². The second-order valence-corrected chi connectivity index (χ2v) is 12.3. The summed E-state index contributed by atoms with van der Waals surface area (Å²) in [5.74, 6) is 0.0717. The van der Waals surface area contributed by atoms with Gasteiger partial charge >= 0.3 is 0 Å². The molecule has 0 fully saturated rings. The average molecular weight is 576 g/mol. The first-order valence-electron chi connectivity index (χ1n) is 12.2. The van der Waals surface area contributed by atoms with Crippen LogP contribution >= 0.6 is 0 Å². The first-order valence-corrected chi connectivity index (χ1v) is 15.1. The van der Waals surface area contributed by atoms with Gasteiger partial charge in [-0.25, -0.2) is 16.8 Å². The number of benzene rings is 3. The van der Waals surface area contributed by atoms with Crippen LogP contribution in [0, 0.1) is 6.92 Å². The number of anilines is 2. The SMILES string of the molecule is CCN(CC)S(=O)(=O)c1ccc(NC(=O)CN(c2ccc(OC)c(OC)c2)S(=O)(=O)c2ccc(C)cc2)cc1. The van der Waals surface area contributed by atoms with Gasteiger partial charge in [-0.3, -0.25) is 9.10 Å². The first-order chi connectivity index (χ1) is 18.5. The van der Waals surface area contributed by atoms with Crippen molar-refractivity contribution < 1.29 is 31.1 Å². The fourth-order valence-corrected chi connectivity index (χ4v) is 6.76. The Morgan fingerprint density at radius 2 is 1.31 bits per heavy atom. The van der Waals surface area contributed by atoms with E-state index in [0.29, 0.717) is 30.3 Å². The average Bonchev–Trinajstić information content (AvgIpc) is 2.92. The minimum atomic E-state index is -4.15. The maximum absolute atomic E-state index is 13.7. The van der Waals surface area contributed by atoms with Crippen molar-refractivity contribution in [2.45, 2.75) is 30.6 Å². The second-order valence-electron chi connectivity index (χ2n) is 8.53. The van der Waals surface area contributed by atoms with E-state index in [4.69, 9.17) is 9.47 Å². The summed E-state index contributed by atoms with van der Waals surface area (Å²) >= 11 is 0. The van der Waals surface area contributed by atoms with Gasteiger partial charge in [-0.05, 0) is 55.5 Å². The molecule has 39 heavy (non-hydrogen) atoms. The zero-order valence-electron chi connectivity index (χ0n) is 22.5. The molecule has 10 nitrogen and oxygen atoms in total. The van der Waals surface area contributed by atoms with Gasteiger partial charge in [0.2, 0.25) is 15.9 Å². The Hall–Kier alpha value is -3.61. The predicted molar refractivity (Wildman–Crippen MR) is 150 cm³/mol. The molecule has 0 unspecified atom stereocenters. The molecule has 210 valence electrons. The van der Waals surface area contributed by atoms with Crippen LogP contribution in [0.1, 0.15) is 19.4 Å². The van der Waals surface area contributed by atoms with E-state index in [1.165, 1.54) is 67.1 Å². The number of nitrogens with one attached hydrogen (secondary N) is 1. The van der Waals surface area contributed by atoms with E-state index in [9.17, 15) is 21.6 Å². The summed E-state index contributed by atoms with van der Waals surface area (Å²) in [6, 6.07) is 16.6. The molecular formula is C27H33N3O7S2. The quantitative estimate of drug-likeness (QED) is 0.348. The first kappa shape index (κ1) is 29.9. The summed E-state index contributed by atoms with van der Waals surface area (Å²) in [6.07, 6.45) is 0. The molecule has 1 N–H and O–H groups in total. The monoisotopic (exact) mass is 575 g/mol. The molecule has 12 heteroatoms. The maximum Gasteiger partial charge on any atom is 0.264 e. The third kappa shape index (κ3) is 6.70. The number of nitrogens with zero attached hydrogens (tertiary/aromatic N) is 2. The highest BCUT2D eigenvalue weighted by molar-refractivity contribution is 7.92. The third-order valence-electron chi connectivity index (χ3n) is 6.03. The summed E-state index contributed by atoms with van der Waals surface area (Å²) in [5.41, 5.74) is 1.40. The highest BCUT2D eigenvalue weighted by atomic mass is 32.2. The number of methoxy groups -OCH3 is 2. The lowest BCUT2D eigenvalue weighted by Crippen LogP contribution is -2.38. The third-order valence-corrected chi connectivity index (χ3v) is 9.88. The zero-order valence-corrected chi connectivity index (χ0v) is 24.2. The summed E-state index contributed by atoms with van der Waals surface area (Å²) in [6.45, 7) is 5.46. The van der Waals surface area contributed by atoms with Gasteiger partial charge < -0.3 is 14.8 Å². The molecule has 0 saturated carbocycles. The lowest BCUT2D eigenvalue weighted by atomic mass is 10.2. The number of hydrogen-bond donors (Lipinski definition) is 1. The fourth-order valence-electron chi connectivity index (χ4n) is 3.89. The van der Waals surface area contributed by atoms with Crippen molar-refractivity contribution in [3.63, 3.8) is 0 Å². The maximum atomic E-state index is 13.7. The van der Waals surface area contributed by atoms with E-state index in [2.05, 4.69) is 5.32 Å². The van der Waals surface area contributed by atoms with Crippen LogP contribution < -0.4 is 19.1 Å². The van der Waals surface area contributed by atoms with Crippen molar-refractivity contribution >= 4 is 37.3 Å². The lowest BCUT2D eigenvalue weighted by Gasteiger charge is -2.25. The number of aryl methyl sites for hydroxylation is 1. The van der Waals surface area contributed by atoms with Crippen LogP contribution in [0.4, 0.5) is 11.4 Å². The van der Waals surface area contributed by atoms with Gasteiger partial charge in [0, 0.05) is 24.8 Å². The van der Waals surface area contributed by atoms with E-state index in [1.54, 1.807) is 32.0 Å². The number of rotatable bonds is 12. The minimum absolute atomic E-state index is 0.0154. The minimum Gasteiger partial charge on any atom is -0.493 e. The number of amides is 1. The molecule has 0 saturated heterocycles. The Morgan fingerprint density at radius 3 is 1.85 bits per heavy atom. The van der Waals surface area contributed by atoms with Crippen LogP contribution in [-0.2, 0) is 24.8 Å². The van der Waals surface area contributed by atoms with Gasteiger partial charge in [0.05, 0.1) is 29.7 Å². The van der Waals surface area contributed by atoms with Gasteiger partial charge in [0.1, 0.15) is 6.54 Å². The summed E-state index contributed by atoms with van der Waals surface area (Å²) in [5, 5.41) is 2.65. The van der Waals surface area contributed by atoms with Gasteiger partial charge in [0.25, 0.3) is 10.0 Å². The van der Waals surface area contributed by atoms with Gasteiger partial charge in [-0.1, -0.05) is 31.5 Å². The number of ether oxygens (including phenoxy) is 2.